The topological polar surface area (TPSA) is 104 Å². The summed E-state index contributed by atoms with van der Waals surface area (Å²) in [7, 11) is 0. The number of carbonyl (C=O) groups is 2. The molecule has 43 heavy (non-hydrogen) atoms. The van der Waals surface area contributed by atoms with Crippen LogP contribution in [-0.2, 0) is 48.8 Å². The van der Waals surface area contributed by atoms with Gasteiger partial charge in [-0.05, 0) is 60.5 Å². The van der Waals surface area contributed by atoms with Gasteiger partial charge in [-0.2, -0.15) is 0 Å². The van der Waals surface area contributed by atoms with E-state index in [9.17, 15) is 19.8 Å². The van der Waals surface area contributed by atoms with Crippen LogP contribution in [0.4, 0.5) is 0 Å². The highest BCUT2D eigenvalue weighted by atomic mass is 16.5. The molecule has 0 unspecified atom stereocenters. The summed E-state index contributed by atoms with van der Waals surface area (Å²) in [6.07, 6.45) is 0.203. The minimum absolute atomic E-state index is 0.0214. The number of carboxylic acids is 1. The quantitative estimate of drug-likeness (QED) is 0.297. The monoisotopic (exact) mass is 598 g/mol. The lowest BCUT2D eigenvalue weighted by molar-refractivity contribution is -0.145. The maximum Gasteiger partial charge on any atom is 0.310 e. The summed E-state index contributed by atoms with van der Waals surface area (Å²) in [6, 6.07) is 7.48. The van der Waals surface area contributed by atoms with Crippen LogP contribution in [0, 0.1) is 5.41 Å². The molecule has 6 nitrogen and oxygen atoms in total. The van der Waals surface area contributed by atoms with Crippen LogP contribution in [0.2, 0.25) is 0 Å². The Morgan fingerprint density at radius 1 is 0.558 bits per heavy atom. The smallest absolute Gasteiger partial charge is 0.310 e. The Morgan fingerprint density at radius 3 is 1.07 bits per heavy atom. The number of carbonyl (C=O) groups excluding carboxylic acids is 1. The fourth-order valence-corrected chi connectivity index (χ4v) is 4.57. The SMILES string of the molecule is CC(C)(C)COC(=O)Cc1cc(C(C)(C)C)c(O)c(C(C)(C)C)c1.CC(C)(C)c1cc(CC(=O)O)cc(C(C)(C)C)c1O. The van der Waals surface area contributed by atoms with E-state index in [1.807, 2.05) is 74.4 Å². The first-order valence-electron chi connectivity index (χ1n) is 15.1. The van der Waals surface area contributed by atoms with Crippen molar-refractivity contribution in [2.45, 2.75) is 138 Å². The number of ether oxygens (including phenoxy) is 1. The summed E-state index contributed by atoms with van der Waals surface area (Å²) < 4.78 is 5.39. The van der Waals surface area contributed by atoms with Crippen molar-refractivity contribution in [2.24, 2.45) is 5.41 Å². The maximum atomic E-state index is 12.2. The van der Waals surface area contributed by atoms with Crippen LogP contribution in [0.3, 0.4) is 0 Å². The fourth-order valence-electron chi connectivity index (χ4n) is 4.57. The number of esters is 1. The van der Waals surface area contributed by atoms with Crippen LogP contribution in [0.1, 0.15) is 137 Å². The number of benzene rings is 2. The number of phenolic OH excluding ortho intramolecular Hbond substituents is 2. The van der Waals surface area contributed by atoms with E-state index in [-0.39, 0.29) is 51.6 Å². The molecule has 0 amide bonds. The molecular weight excluding hydrogens is 540 g/mol. The lowest BCUT2D eigenvalue weighted by Crippen LogP contribution is -2.21. The number of carboxylic acid groups (broad SMARTS) is 1. The number of hydrogen-bond acceptors (Lipinski definition) is 5. The van der Waals surface area contributed by atoms with Gasteiger partial charge in [0.05, 0.1) is 19.4 Å². The molecule has 242 valence electrons. The van der Waals surface area contributed by atoms with Crippen molar-refractivity contribution in [1.82, 2.24) is 0 Å². The summed E-state index contributed by atoms with van der Waals surface area (Å²) in [6.45, 7) is 31.0. The molecule has 3 N–H and O–H groups in total. The molecule has 0 aliphatic carbocycles. The average molecular weight is 599 g/mol. The molecule has 2 aromatic carbocycles. The van der Waals surface area contributed by atoms with Gasteiger partial charge >= 0.3 is 11.9 Å². The molecule has 0 bridgehead atoms. The van der Waals surface area contributed by atoms with E-state index in [4.69, 9.17) is 9.84 Å². The van der Waals surface area contributed by atoms with E-state index in [1.165, 1.54) is 0 Å². The predicted octanol–water partition coefficient (Wildman–Crippen LogP) is 8.73. The summed E-state index contributed by atoms with van der Waals surface area (Å²) in [5, 5.41) is 30.1. The number of phenols is 2. The van der Waals surface area contributed by atoms with Crippen molar-refractivity contribution >= 4 is 11.9 Å². The highest BCUT2D eigenvalue weighted by molar-refractivity contribution is 5.73. The molecule has 0 aromatic heterocycles. The first-order chi connectivity index (χ1) is 19.0. The van der Waals surface area contributed by atoms with E-state index >= 15 is 0 Å². The van der Waals surface area contributed by atoms with Crippen molar-refractivity contribution in [1.29, 1.82) is 0 Å². The largest absolute Gasteiger partial charge is 0.507 e. The van der Waals surface area contributed by atoms with Crippen molar-refractivity contribution in [2.75, 3.05) is 6.61 Å². The Hall–Kier alpha value is -3.02. The summed E-state index contributed by atoms with van der Waals surface area (Å²) in [4.78, 5) is 23.1. The minimum Gasteiger partial charge on any atom is -0.507 e. The van der Waals surface area contributed by atoms with Crippen molar-refractivity contribution < 1.29 is 29.6 Å². The molecule has 0 aliphatic rings. The van der Waals surface area contributed by atoms with Crippen molar-refractivity contribution in [3.8, 4) is 11.5 Å². The van der Waals surface area contributed by atoms with Crippen LogP contribution in [-0.4, -0.2) is 33.9 Å². The van der Waals surface area contributed by atoms with Gasteiger partial charge in [-0.15, -0.1) is 0 Å². The Bertz CT molecular complexity index is 1210. The summed E-state index contributed by atoms with van der Waals surface area (Å²) in [5.41, 5.74) is 4.08. The third kappa shape index (κ3) is 11.9. The van der Waals surface area contributed by atoms with Crippen LogP contribution in [0.5, 0.6) is 11.5 Å². The molecule has 0 spiro atoms. The second-order valence-corrected chi connectivity index (χ2v) is 17.0. The summed E-state index contributed by atoms with van der Waals surface area (Å²) in [5.74, 6) is -0.461. The Morgan fingerprint density at radius 2 is 0.837 bits per heavy atom. The molecule has 0 saturated carbocycles. The number of rotatable bonds is 5. The summed E-state index contributed by atoms with van der Waals surface area (Å²) >= 11 is 0. The Balaban J connectivity index is 0.000000442. The third-order valence-electron chi connectivity index (χ3n) is 6.94. The zero-order valence-corrected chi connectivity index (χ0v) is 29.5. The van der Waals surface area contributed by atoms with Crippen LogP contribution in [0.25, 0.3) is 0 Å². The maximum absolute atomic E-state index is 12.2. The normalized spacial score (nSPS) is 12.8. The van der Waals surface area contributed by atoms with Gasteiger partial charge in [0.2, 0.25) is 0 Å². The van der Waals surface area contributed by atoms with Crippen LogP contribution < -0.4 is 0 Å². The Labute approximate surface area is 260 Å². The van der Waals surface area contributed by atoms with E-state index < -0.39 is 5.97 Å². The van der Waals surface area contributed by atoms with Crippen molar-refractivity contribution in [3.05, 3.63) is 57.6 Å². The van der Waals surface area contributed by atoms with E-state index in [1.54, 1.807) is 12.1 Å². The lowest BCUT2D eigenvalue weighted by Gasteiger charge is -2.28. The highest BCUT2D eigenvalue weighted by Gasteiger charge is 2.28. The minimum atomic E-state index is -0.856. The Kier molecular flexibility index (Phi) is 11.8. The zero-order valence-electron chi connectivity index (χ0n) is 29.5. The third-order valence-corrected chi connectivity index (χ3v) is 6.94. The van der Waals surface area contributed by atoms with Gasteiger partial charge in [0.15, 0.2) is 0 Å². The van der Waals surface area contributed by atoms with Crippen molar-refractivity contribution in [3.63, 3.8) is 0 Å². The molecule has 0 heterocycles. The highest BCUT2D eigenvalue weighted by Crippen LogP contribution is 2.41. The lowest BCUT2D eigenvalue weighted by atomic mass is 9.78. The molecule has 0 atom stereocenters. The molecule has 0 saturated heterocycles. The van der Waals surface area contributed by atoms with Gasteiger partial charge in [0.25, 0.3) is 0 Å². The second-order valence-electron chi connectivity index (χ2n) is 17.0. The second kappa shape index (κ2) is 13.3. The molecular formula is C37H58O6. The van der Waals surface area contributed by atoms with Gasteiger partial charge in [0.1, 0.15) is 11.5 Å². The molecule has 0 radical (unpaired) electrons. The number of aliphatic carboxylic acids is 1. The van der Waals surface area contributed by atoms with Gasteiger partial charge in [-0.1, -0.05) is 128 Å². The van der Waals surface area contributed by atoms with Gasteiger partial charge in [0, 0.05) is 0 Å². The van der Waals surface area contributed by atoms with Crippen LogP contribution >= 0.6 is 0 Å². The molecule has 0 fully saturated rings. The first kappa shape index (κ1) is 38.0. The molecule has 6 heteroatoms. The molecule has 2 rings (SSSR count). The first-order valence-corrected chi connectivity index (χ1v) is 15.1. The molecule has 0 aliphatic heterocycles. The zero-order chi connectivity index (χ0) is 33.9. The van der Waals surface area contributed by atoms with E-state index in [2.05, 4.69) is 41.5 Å². The van der Waals surface area contributed by atoms with E-state index in [0.717, 1.165) is 33.4 Å². The van der Waals surface area contributed by atoms with Gasteiger partial charge in [-0.25, -0.2) is 0 Å². The predicted molar refractivity (Wildman–Crippen MR) is 176 cm³/mol. The number of aromatic hydroxyl groups is 2. The fraction of sp³-hybridized carbons (Fsp3) is 0.622. The van der Waals surface area contributed by atoms with Crippen LogP contribution in [0.15, 0.2) is 24.3 Å². The van der Waals surface area contributed by atoms with Gasteiger partial charge < -0.3 is 20.1 Å². The standard InChI is InChI=1S/C21H34O3.C16H24O3/c1-19(2,3)13-24-17(22)12-14-10-15(20(4,5)6)18(23)16(11-14)21(7,8)9;1-15(2,3)11-7-10(9-13(17)18)8-12(14(11)19)16(4,5)6/h10-11,23H,12-13H2,1-9H3;7-8,19H,9H2,1-6H3,(H,17,18). The average Bonchev–Trinajstić information content (AvgIpc) is 2.76. The van der Waals surface area contributed by atoms with Gasteiger partial charge in [-0.3, -0.25) is 9.59 Å². The van der Waals surface area contributed by atoms with E-state index in [0.29, 0.717) is 12.4 Å². The number of hydrogen-bond donors (Lipinski definition) is 3. The molecule has 2 aromatic rings.